The van der Waals surface area contributed by atoms with E-state index in [0.717, 1.165) is 24.5 Å². The molecule has 0 amide bonds. The van der Waals surface area contributed by atoms with E-state index in [0.29, 0.717) is 36.5 Å². The van der Waals surface area contributed by atoms with Crippen molar-refractivity contribution in [3.8, 4) is 0 Å². The Hall–Kier alpha value is -4.05. The number of aliphatic imine (C=N–C) groups is 1. The van der Waals surface area contributed by atoms with Crippen molar-refractivity contribution in [1.29, 1.82) is 0 Å². The molecule has 5 rings (SSSR count). The van der Waals surface area contributed by atoms with Gasteiger partial charge in [-0.2, -0.15) is 9.56 Å². The van der Waals surface area contributed by atoms with Gasteiger partial charge in [-0.25, -0.2) is 9.37 Å². The van der Waals surface area contributed by atoms with Crippen molar-refractivity contribution < 1.29 is 13.7 Å². The van der Waals surface area contributed by atoms with E-state index in [1.54, 1.807) is 16.7 Å². The number of nitrogens with one attached hydrogen (secondary N) is 2. The highest BCUT2D eigenvalue weighted by Gasteiger charge is 2.29. The van der Waals surface area contributed by atoms with Crippen LogP contribution in [0.4, 0.5) is 33.1 Å². The van der Waals surface area contributed by atoms with Gasteiger partial charge < -0.3 is 20.7 Å². The van der Waals surface area contributed by atoms with Gasteiger partial charge in [0, 0.05) is 36.6 Å². The number of morpholine rings is 1. The van der Waals surface area contributed by atoms with E-state index < -0.39 is 0 Å². The van der Waals surface area contributed by atoms with Gasteiger partial charge in [0.15, 0.2) is 12.1 Å². The van der Waals surface area contributed by atoms with Crippen molar-refractivity contribution in [2.45, 2.75) is 6.92 Å². The molecule has 2 aromatic carbocycles. The molecule has 0 saturated carbocycles. The van der Waals surface area contributed by atoms with E-state index in [-0.39, 0.29) is 11.8 Å². The third-order valence-corrected chi connectivity index (χ3v) is 5.44. The second-order valence-electron chi connectivity index (χ2n) is 7.77. The van der Waals surface area contributed by atoms with Gasteiger partial charge in [-0.05, 0) is 31.2 Å². The van der Waals surface area contributed by atoms with Crippen LogP contribution in [0, 0.1) is 12.7 Å². The van der Waals surface area contributed by atoms with E-state index in [4.69, 9.17) is 10.5 Å². The first-order valence-corrected chi connectivity index (χ1v) is 10.6. The third-order valence-electron chi connectivity index (χ3n) is 5.44. The fourth-order valence-electron chi connectivity index (χ4n) is 3.65. The van der Waals surface area contributed by atoms with Crippen LogP contribution >= 0.6 is 0 Å². The van der Waals surface area contributed by atoms with E-state index in [1.807, 2.05) is 37.3 Å². The fraction of sp³-hybridized carbons (Fsp3) is 0.217. The molecule has 0 aliphatic carbocycles. The lowest BCUT2D eigenvalue weighted by Crippen LogP contribution is -2.43. The van der Waals surface area contributed by atoms with Crippen LogP contribution in [0.3, 0.4) is 0 Å². The molecule has 1 fully saturated rings. The average Bonchev–Trinajstić information content (AvgIpc) is 2.82. The number of benzene rings is 2. The van der Waals surface area contributed by atoms with Gasteiger partial charge in [0.2, 0.25) is 5.82 Å². The lowest BCUT2D eigenvalue weighted by Gasteiger charge is -2.29. The molecule has 0 spiro atoms. The Morgan fingerprint density at radius 1 is 1.03 bits per heavy atom. The Balaban J connectivity index is 1.35. The molecule has 1 saturated heterocycles. The first-order valence-electron chi connectivity index (χ1n) is 10.6. The minimum Gasteiger partial charge on any atom is -0.378 e. The quantitative estimate of drug-likeness (QED) is 0.517. The molecule has 0 unspecified atom stereocenters. The number of aryl methyl sites for hydroxylation is 1. The summed E-state index contributed by atoms with van der Waals surface area (Å²) >= 11 is 0. The molecule has 2 aliphatic heterocycles. The lowest BCUT2D eigenvalue weighted by atomic mass is 10.2. The number of anilines is 4. The Morgan fingerprint density at radius 2 is 1.82 bits per heavy atom. The number of nitrogens with zero attached hydrogens (tertiary/aromatic N) is 5. The lowest BCUT2D eigenvalue weighted by molar-refractivity contribution is -0.329. The average molecular weight is 447 g/mol. The third kappa shape index (κ3) is 4.46. The summed E-state index contributed by atoms with van der Waals surface area (Å²) in [5.74, 6) is 1.37. The van der Waals surface area contributed by atoms with Crippen LogP contribution in [-0.2, 0) is 4.74 Å². The van der Waals surface area contributed by atoms with Crippen molar-refractivity contribution in [3.63, 3.8) is 0 Å². The van der Waals surface area contributed by atoms with Crippen LogP contribution in [0.25, 0.3) is 0 Å². The van der Waals surface area contributed by atoms with Gasteiger partial charge in [-0.3, -0.25) is 5.32 Å². The normalized spacial score (nSPS) is 15.7. The molecule has 0 bridgehead atoms. The monoisotopic (exact) mass is 447 g/mol. The van der Waals surface area contributed by atoms with E-state index in [1.165, 1.54) is 18.0 Å². The van der Waals surface area contributed by atoms with E-state index in [2.05, 4.69) is 30.5 Å². The predicted molar refractivity (Wildman–Crippen MR) is 126 cm³/mol. The zero-order valence-corrected chi connectivity index (χ0v) is 18.1. The first kappa shape index (κ1) is 20.8. The van der Waals surface area contributed by atoms with Crippen LogP contribution in [0.2, 0.25) is 0 Å². The summed E-state index contributed by atoms with van der Waals surface area (Å²) in [6.07, 6.45) is 1.44. The summed E-state index contributed by atoms with van der Waals surface area (Å²) in [6.45, 7) is 4.79. The summed E-state index contributed by atoms with van der Waals surface area (Å²) in [5, 5.41) is 6.25. The van der Waals surface area contributed by atoms with Crippen molar-refractivity contribution in [1.82, 2.24) is 9.97 Å². The number of aromatic nitrogens is 2. The molecule has 3 heterocycles. The molecule has 9 nitrogen and oxygen atoms in total. The minimum absolute atomic E-state index is 0.253. The van der Waals surface area contributed by atoms with Crippen molar-refractivity contribution in [2.75, 3.05) is 41.8 Å². The second-order valence-corrected chi connectivity index (χ2v) is 7.77. The predicted octanol–water partition coefficient (Wildman–Crippen LogP) is 2.94. The number of rotatable bonds is 5. The van der Waals surface area contributed by atoms with Gasteiger partial charge in [0.1, 0.15) is 11.5 Å². The van der Waals surface area contributed by atoms with Crippen LogP contribution in [0.15, 0.2) is 59.9 Å². The Morgan fingerprint density at radius 3 is 2.55 bits per heavy atom. The molecule has 168 valence electrons. The number of guanidine groups is 2. The molecule has 3 aromatic rings. The molecular formula is C23H24FN8O+. The number of hydrogen-bond acceptors (Lipinski definition) is 8. The van der Waals surface area contributed by atoms with Gasteiger partial charge in [-0.1, -0.05) is 22.7 Å². The Bertz CT molecular complexity index is 1240. The molecule has 0 atom stereocenters. The highest BCUT2D eigenvalue weighted by Crippen LogP contribution is 2.25. The molecule has 10 heteroatoms. The number of ether oxygens (including phenoxy) is 1. The fourth-order valence-corrected chi connectivity index (χ4v) is 3.65. The standard InChI is InChI=1S/C23H23FN8O/c1-15-2-4-16(5-3-15)28-20-13-21(27-14-26-20)32-22(25)30-23(32)29-19-7-6-17(12-18(19)24)31-8-10-33-11-9-31/h2-7,12-14H,8-11H2,1H3,(H3,25,26,27,28,29,30)/p+1. The zero-order valence-electron chi connectivity index (χ0n) is 18.1. The second kappa shape index (κ2) is 8.83. The highest BCUT2D eigenvalue weighted by atomic mass is 19.1. The summed E-state index contributed by atoms with van der Waals surface area (Å²) in [4.78, 5) is 14.9. The largest absolute Gasteiger partial charge is 0.378 e. The van der Waals surface area contributed by atoms with Crippen molar-refractivity contribution in [3.05, 3.63) is 66.2 Å². The SMILES string of the molecule is Cc1ccc(Nc2cc([N+]3=C(Nc4ccc(N5CCOCC5)cc4F)N=C3N)ncn2)cc1. The minimum atomic E-state index is -0.378. The van der Waals surface area contributed by atoms with Crippen molar-refractivity contribution in [2.24, 2.45) is 10.7 Å². The topological polar surface area (TPSA) is 104 Å². The maximum atomic E-state index is 14.8. The van der Waals surface area contributed by atoms with Crippen LogP contribution in [-0.4, -0.2) is 52.8 Å². The van der Waals surface area contributed by atoms with E-state index in [9.17, 15) is 4.39 Å². The van der Waals surface area contributed by atoms with Gasteiger partial charge in [-0.15, -0.1) is 0 Å². The molecule has 0 radical (unpaired) electrons. The highest BCUT2D eigenvalue weighted by molar-refractivity contribution is 6.06. The Kier molecular flexibility index (Phi) is 5.57. The van der Waals surface area contributed by atoms with Gasteiger partial charge in [0.05, 0.1) is 13.2 Å². The maximum Gasteiger partial charge on any atom is 0.318 e. The Labute approximate surface area is 190 Å². The van der Waals surface area contributed by atoms with Gasteiger partial charge in [0.25, 0.3) is 0 Å². The molecule has 1 aromatic heterocycles. The number of hydrogen-bond donors (Lipinski definition) is 3. The molecule has 4 N–H and O–H groups in total. The van der Waals surface area contributed by atoms with Gasteiger partial charge >= 0.3 is 11.9 Å². The summed E-state index contributed by atoms with van der Waals surface area (Å²) in [7, 11) is 0. The smallest absolute Gasteiger partial charge is 0.318 e. The van der Waals surface area contributed by atoms with Crippen LogP contribution < -0.4 is 21.3 Å². The number of nitrogens with two attached hydrogens (primary N) is 1. The van der Waals surface area contributed by atoms with Crippen LogP contribution in [0.5, 0.6) is 0 Å². The molecule has 33 heavy (non-hydrogen) atoms. The summed E-state index contributed by atoms with van der Waals surface area (Å²) in [5.41, 5.74) is 9.20. The van der Waals surface area contributed by atoms with Crippen LogP contribution in [0.1, 0.15) is 5.56 Å². The van der Waals surface area contributed by atoms with E-state index >= 15 is 0 Å². The maximum absolute atomic E-state index is 14.8. The zero-order chi connectivity index (χ0) is 22.8. The number of halogens is 1. The summed E-state index contributed by atoms with van der Waals surface area (Å²) < 4.78 is 21.8. The van der Waals surface area contributed by atoms with Crippen molar-refractivity contribution >= 4 is 40.6 Å². The summed E-state index contributed by atoms with van der Waals surface area (Å²) in [6, 6.07) is 14.8. The molecule has 2 aliphatic rings. The first-order chi connectivity index (χ1) is 16.1. The molecular weight excluding hydrogens is 423 g/mol.